The number of aromatic nitrogens is 1. The summed E-state index contributed by atoms with van der Waals surface area (Å²) in [6.45, 7) is 2.75. The van der Waals surface area contributed by atoms with Gasteiger partial charge in [-0.05, 0) is 43.2 Å². The highest BCUT2D eigenvalue weighted by Gasteiger charge is 2.25. The minimum atomic E-state index is 0.127. The van der Waals surface area contributed by atoms with E-state index >= 15 is 0 Å². The molecule has 0 fully saturated rings. The molecule has 0 spiro atoms. The molecule has 2 aromatic carbocycles. The number of thiazole rings is 1. The number of rotatable bonds is 5. The predicted octanol–water partition coefficient (Wildman–Crippen LogP) is 4.81. The van der Waals surface area contributed by atoms with Crippen LogP contribution in [0.15, 0.2) is 52.7 Å². The first-order valence-electron chi connectivity index (χ1n) is 8.77. The maximum atomic E-state index is 12.8. The van der Waals surface area contributed by atoms with Crippen molar-refractivity contribution in [3.8, 4) is 17.0 Å². The first-order valence-corrected chi connectivity index (χ1v) is 10.6. The van der Waals surface area contributed by atoms with Gasteiger partial charge >= 0.3 is 0 Å². The quantitative estimate of drug-likeness (QED) is 0.581. The fourth-order valence-electron chi connectivity index (χ4n) is 3.27. The van der Waals surface area contributed by atoms with Gasteiger partial charge in [0.15, 0.2) is 0 Å². The number of amides is 1. The van der Waals surface area contributed by atoms with Gasteiger partial charge in [-0.1, -0.05) is 18.2 Å². The van der Waals surface area contributed by atoms with Gasteiger partial charge in [0.25, 0.3) is 0 Å². The van der Waals surface area contributed by atoms with E-state index < -0.39 is 0 Å². The lowest BCUT2D eigenvalue weighted by molar-refractivity contribution is -0.116. The highest BCUT2D eigenvalue weighted by molar-refractivity contribution is 8.00. The Labute approximate surface area is 167 Å². The number of carbonyl (C=O) groups is 1. The van der Waals surface area contributed by atoms with Gasteiger partial charge in [0.1, 0.15) is 5.75 Å². The van der Waals surface area contributed by atoms with Crippen molar-refractivity contribution in [1.82, 2.24) is 4.98 Å². The van der Waals surface area contributed by atoms with Crippen molar-refractivity contribution in [2.75, 3.05) is 24.3 Å². The molecule has 1 aliphatic rings. The van der Waals surface area contributed by atoms with Gasteiger partial charge < -0.3 is 9.64 Å². The lowest BCUT2D eigenvalue weighted by atomic mass is 10.1. The molecule has 4 nitrogen and oxygen atoms in total. The summed E-state index contributed by atoms with van der Waals surface area (Å²) in [5.74, 6) is 1.33. The second-order valence-corrected chi connectivity index (χ2v) is 8.41. The van der Waals surface area contributed by atoms with Crippen molar-refractivity contribution < 1.29 is 9.53 Å². The fraction of sp³-hybridized carbons (Fsp3) is 0.238. The van der Waals surface area contributed by atoms with Gasteiger partial charge in [0.2, 0.25) is 5.91 Å². The molecule has 0 N–H and O–H groups in total. The molecule has 0 bridgehead atoms. The summed E-state index contributed by atoms with van der Waals surface area (Å²) in [4.78, 5) is 20.2. The highest BCUT2D eigenvalue weighted by Crippen LogP contribution is 2.34. The number of ether oxygens (including phenoxy) is 1. The molecule has 1 aliphatic heterocycles. The van der Waals surface area contributed by atoms with E-state index in [-0.39, 0.29) is 5.91 Å². The Kier molecular flexibility index (Phi) is 5.18. The summed E-state index contributed by atoms with van der Waals surface area (Å²) in [5, 5.41) is 3.15. The van der Waals surface area contributed by atoms with Crippen LogP contribution < -0.4 is 9.64 Å². The number of fused-ring (bicyclic) bond motifs is 1. The molecular formula is C21H20N2O2S2. The van der Waals surface area contributed by atoms with Crippen molar-refractivity contribution in [3.05, 3.63) is 58.4 Å². The van der Waals surface area contributed by atoms with Gasteiger partial charge in [-0.15, -0.1) is 23.1 Å². The molecule has 6 heteroatoms. The Balaban J connectivity index is 1.48. The average Bonchev–Trinajstić information content (AvgIpc) is 3.32. The van der Waals surface area contributed by atoms with Crippen LogP contribution in [0.25, 0.3) is 11.3 Å². The Morgan fingerprint density at radius 3 is 2.93 bits per heavy atom. The van der Waals surface area contributed by atoms with E-state index in [1.54, 1.807) is 18.4 Å². The molecule has 2 heterocycles. The smallest absolute Gasteiger partial charge is 0.237 e. The number of aryl methyl sites for hydroxylation is 1. The van der Waals surface area contributed by atoms with E-state index in [0.29, 0.717) is 5.75 Å². The summed E-state index contributed by atoms with van der Waals surface area (Å²) in [6.07, 6.45) is 0.886. The van der Waals surface area contributed by atoms with Crippen LogP contribution in [0, 0.1) is 6.92 Å². The molecule has 0 atom stereocenters. The van der Waals surface area contributed by atoms with Crippen LogP contribution in [0.3, 0.4) is 0 Å². The molecule has 0 unspecified atom stereocenters. The zero-order valence-corrected chi connectivity index (χ0v) is 16.9. The van der Waals surface area contributed by atoms with Gasteiger partial charge in [-0.2, -0.15) is 0 Å². The van der Waals surface area contributed by atoms with Crippen molar-refractivity contribution in [1.29, 1.82) is 0 Å². The normalized spacial score (nSPS) is 12.9. The minimum Gasteiger partial charge on any atom is -0.496 e. The molecule has 1 amide bonds. The molecule has 138 valence electrons. The number of nitrogens with zero attached hydrogens (tertiary/aromatic N) is 2. The van der Waals surface area contributed by atoms with Crippen molar-refractivity contribution in [3.63, 3.8) is 0 Å². The largest absolute Gasteiger partial charge is 0.496 e. The average molecular weight is 397 g/mol. The van der Waals surface area contributed by atoms with Gasteiger partial charge in [-0.25, -0.2) is 4.98 Å². The predicted molar refractivity (Wildman–Crippen MR) is 112 cm³/mol. The fourth-order valence-corrected chi connectivity index (χ4v) is 4.80. The Morgan fingerprint density at radius 1 is 1.30 bits per heavy atom. The van der Waals surface area contributed by atoms with Crippen molar-refractivity contribution in [2.45, 2.75) is 18.2 Å². The number of hydrogen-bond donors (Lipinski definition) is 0. The summed E-state index contributed by atoms with van der Waals surface area (Å²) < 4.78 is 5.37. The topological polar surface area (TPSA) is 42.4 Å². The second-order valence-electron chi connectivity index (χ2n) is 6.33. The van der Waals surface area contributed by atoms with E-state index in [0.717, 1.165) is 45.6 Å². The van der Waals surface area contributed by atoms with E-state index in [1.165, 1.54) is 17.3 Å². The molecule has 1 aromatic heterocycles. The summed E-state index contributed by atoms with van der Waals surface area (Å²) >= 11 is 3.18. The molecule has 27 heavy (non-hydrogen) atoms. The lowest BCUT2D eigenvalue weighted by Gasteiger charge is -2.17. The zero-order chi connectivity index (χ0) is 18.8. The standard InChI is InChI=1S/C21H20N2O2S2/c1-14-22-17(12-26-14)15-7-8-18-16(11-15)9-10-23(18)21(24)13-27-20-6-4-3-5-19(20)25-2/h3-8,11-12H,9-10,13H2,1-2H3. The van der Waals surface area contributed by atoms with Crippen LogP contribution in [0.4, 0.5) is 5.69 Å². The number of benzene rings is 2. The summed E-state index contributed by atoms with van der Waals surface area (Å²) in [5.41, 5.74) is 4.37. The number of hydrogen-bond acceptors (Lipinski definition) is 5. The third kappa shape index (κ3) is 3.73. The number of carbonyl (C=O) groups excluding carboxylic acids is 1. The molecule has 3 aromatic rings. The maximum Gasteiger partial charge on any atom is 0.237 e. The summed E-state index contributed by atoms with van der Waals surface area (Å²) in [7, 11) is 1.65. The lowest BCUT2D eigenvalue weighted by Crippen LogP contribution is -2.30. The SMILES string of the molecule is COc1ccccc1SCC(=O)N1CCc2cc(-c3csc(C)n3)ccc21. The molecule has 4 rings (SSSR count). The molecule has 0 aliphatic carbocycles. The van der Waals surface area contributed by atoms with Gasteiger partial charge in [0, 0.05) is 28.1 Å². The Hall–Kier alpha value is -2.31. The van der Waals surface area contributed by atoms with Gasteiger partial charge in [0.05, 0.1) is 23.6 Å². The van der Waals surface area contributed by atoms with Gasteiger partial charge in [-0.3, -0.25) is 4.79 Å². The van der Waals surface area contributed by atoms with Crippen LogP contribution in [0.5, 0.6) is 5.75 Å². The van der Waals surface area contributed by atoms with Crippen molar-refractivity contribution >= 4 is 34.7 Å². The van der Waals surface area contributed by atoms with Crippen molar-refractivity contribution in [2.24, 2.45) is 0 Å². The Bertz CT molecular complexity index is 984. The van der Waals surface area contributed by atoms with Crippen LogP contribution in [0.1, 0.15) is 10.6 Å². The first-order chi connectivity index (χ1) is 13.2. The molecule has 0 saturated heterocycles. The minimum absolute atomic E-state index is 0.127. The van der Waals surface area contributed by atoms with Crippen LogP contribution in [-0.2, 0) is 11.2 Å². The third-order valence-electron chi connectivity index (χ3n) is 4.61. The number of para-hydroxylation sites is 1. The van der Waals surface area contributed by atoms with E-state index in [2.05, 4.69) is 28.6 Å². The summed E-state index contributed by atoms with van der Waals surface area (Å²) in [6, 6.07) is 14.1. The Morgan fingerprint density at radius 2 is 2.15 bits per heavy atom. The van der Waals surface area contributed by atoms with E-state index in [1.807, 2.05) is 36.1 Å². The van der Waals surface area contributed by atoms with E-state index in [9.17, 15) is 4.79 Å². The number of thioether (sulfide) groups is 1. The molecule has 0 radical (unpaired) electrons. The monoisotopic (exact) mass is 396 g/mol. The zero-order valence-electron chi connectivity index (χ0n) is 15.3. The van der Waals surface area contributed by atoms with E-state index in [4.69, 9.17) is 4.74 Å². The van der Waals surface area contributed by atoms with Crippen LogP contribution in [-0.4, -0.2) is 30.3 Å². The molecular weight excluding hydrogens is 376 g/mol. The molecule has 0 saturated carbocycles. The third-order valence-corrected chi connectivity index (χ3v) is 6.42. The number of methoxy groups -OCH3 is 1. The second kappa shape index (κ2) is 7.74. The maximum absolute atomic E-state index is 12.8. The number of anilines is 1. The van der Waals surface area contributed by atoms with Crippen LogP contribution in [0.2, 0.25) is 0 Å². The van der Waals surface area contributed by atoms with Crippen LogP contribution >= 0.6 is 23.1 Å². The first kappa shape index (κ1) is 18.1. The highest BCUT2D eigenvalue weighted by atomic mass is 32.2.